The number of aryl methyl sites for hydroxylation is 1. The average Bonchev–Trinajstić information content (AvgIpc) is 2.61. The van der Waals surface area contributed by atoms with Crippen LogP contribution in [-0.2, 0) is 6.54 Å². The Morgan fingerprint density at radius 2 is 2.00 bits per heavy atom. The number of hydrogen-bond donors (Lipinski definition) is 2. The summed E-state index contributed by atoms with van der Waals surface area (Å²) in [4.78, 5) is 13.2. The van der Waals surface area contributed by atoms with Gasteiger partial charge in [-0.05, 0) is 37.3 Å². The first-order valence-corrected chi connectivity index (χ1v) is 8.12. The zero-order chi connectivity index (χ0) is 17.6. The number of aromatic nitrogens is 3. The highest BCUT2D eigenvalue weighted by molar-refractivity contribution is 6.32. The molecular weight excluding hydrogens is 338 g/mol. The van der Waals surface area contributed by atoms with E-state index in [9.17, 15) is 0 Å². The summed E-state index contributed by atoms with van der Waals surface area (Å²) < 4.78 is 5.16. The second-order valence-electron chi connectivity index (χ2n) is 5.37. The van der Waals surface area contributed by atoms with E-state index in [1.807, 2.05) is 37.3 Å². The van der Waals surface area contributed by atoms with Crippen LogP contribution < -0.4 is 15.4 Å². The molecule has 0 radical (unpaired) electrons. The summed E-state index contributed by atoms with van der Waals surface area (Å²) in [6.07, 6.45) is 1.76. The van der Waals surface area contributed by atoms with Crippen LogP contribution in [0.3, 0.4) is 0 Å². The third kappa shape index (κ3) is 4.58. The van der Waals surface area contributed by atoms with Crippen LogP contribution in [0.5, 0.6) is 5.75 Å². The molecule has 0 atom stereocenters. The number of ether oxygens (including phenoxy) is 1. The van der Waals surface area contributed by atoms with Gasteiger partial charge in [0.2, 0.25) is 5.95 Å². The molecule has 1 aromatic carbocycles. The zero-order valence-electron chi connectivity index (χ0n) is 14.0. The summed E-state index contributed by atoms with van der Waals surface area (Å²) in [5.41, 5.74) is 2.59. The molecule has 2 heterocycles. The van der Waals surface area contributed by atoms with Gasteiger partial charge >= 0.3 is 0 Å². The van der Waals surface area contributed by atoms with Crippen molar-refractivity contribution < 1.29 is 4.74 Å². The Kier molecular flexibility index (Phi) is 5.30. The molecular formula is C18H18ClN5O. The number of benzene rings is 1. The molecule has 6 nitrogen and oxygen atoms in total. The fourth-order valence-corrected chi connectivity index (χ4v) is 2.53. The zero-order valence-corrected chi connectivity index (χ0v) is 14.7. The standard InChI is InChI=1S/C18H18ClN5O/c1-12-9-17(23-13-6-7-16(25-2)15(19)10-13)24-18(22-12)21-11-14-5-3-4-8-20-14/h3-10H,11H2,1-2H3,(H2,21,22,23,24). The van der Waals surface area contributed by atoms with Gasteiger partial charge in [-0.1, -0.05) is 17.7 Å². The van der Waals surface area contributed by atoms with Crippen LogP contribution in [-0.4, -0.2) is 22.1 Å². The smallest absolute Gasteiger partial charge is 0.225 e. The van der Waals surface area contributed by atoms with Crippen molar-refractivity contribution >= 4 is 29.1 Å². The first kappa shape index (κ1) is 17.0. The molecule has 2 aromatic heterocycles. The lowest BCUT2D eigenvalue weighted by Gasteiger charge is -2.11. The Labute approximate surface area is 151 Å². The van der Waals surface area contributed by atoms with E-state index in [4.69, 9.17) is 16.3 Å². The van der Waals surface area contributed by atoms with Crippen molar-refractivity contribution in [3.8, 4) is 5.75 Å². The fourth-order valence-electron chi connectivity index (χ4n) is 2.28. The van der Waals surface area contributed by atoms with Crippen molar-refractivity contribution in [3.05, 3.63) is 65.1 Å². The monoisotopic (exact) mass is 355 g/mol. The van der Waals surface area contributed by atoms with Gasteiger partial charge in [-0.15, -0.1) is 0 Å². The minimum absolute atomic E-state index is 0.534. The number of nitrogens with zero attached hydrogens (tertiary/aromatic N) is 3. The lowest BCUT2D eigenvalue weighted by molar-refractivity contribution is 0.415. The molecule has 0 amide bonds. The van der Waals surface area contributed by atoms with Crippen LogP contribution in [0.25, 0.3) is 0 Å². The maximum atomic E-state index is 6.16. The molecule has 0 bridgehead atoms. The molecule has 0 saturated heterocycles. The molecule has 25 heavy (non-hydrogen) atoms. The molecule has 3 rings (SSSR count). The first-order valence-electron chi connectivity index (χ1n) is 7.74. The topological polar surface area (TPSA) is 72.0 Å². The van der Waals surface area contributed by atoms with Gasteiger partial charge in [-0.25, -0.2) is 4.98 Å². The summed E-state index contributed by atoms with van der Waals surface area (Å²) in [6, 6.07) is 13.1. The van der Waals surface area contributed by atoms with Gasteiger partial charge < -0.3 is 15.4 Å². The van der Waals surface area contributed by atoms with Gasteiger partial charge in [0.15, 0.2) is 0 Å². The highest BCUT2D eigenvalue weighted by Gasteiger charge is 2.06. The Hall–Kier alpha value is -2.86. The third-order valence-electron chi connectivity index (χ3n) is 3.43. The lowest BCUT2D eigenvalue weighted by atomic mass is 10.3. The number of methoxy groups -OCH3 is 1. The van der Waals surface area contributed by atoms with Crippen LogP contribution in [0.4, 0.5) is 17.5 Å². The van der Waals surface area contributed by atoms with Crippen LogP contribution >= 0.6 is 11.6 Å². The van der Waals surface area contributed by atoms with Crippen molar-refractivity contribution in [2.24, 2.45) is 0 Å². The molecule has 0 aliphatic heterocycles. The van der Waals surface area contributed by atoms with E-state index in [0.717, 1.165) is 17.1 Å². The first-order chi connectivity index (χ1) is 12.1. The fraction of sp³-hybridized carbons (Fsp3) is 0.167. The molecule has 0 unspecified atom stereocenters. The Morgan fingerprint density at radius 1 is 1.12 bits per heavy atom. The van der Waals surface area contributed by atoms with Gasteiger partial charge in [0.25, 0.3) is 0 Å². The van der Waals surface area contributed by atoms with Crippen LogP contribution in [0.15, 0.2) is 48.7 Å². The number of nitrogens with one attached hydrogen (secondary N) is 2. The molecule has 128 valence electrons. The SMILES string of the molecule is COc1ccc(Nc2cc(C)nc(NCc3ccccn3)n2)cc1Cl. The number of rotatable bonds is 6. The van der Waals surface area contributed by atoms with E-state index in [1.54, 1.807) is 25.4 Å². The van der Waals surface area contributed by atoms with Gasteiger partial charge in [0, 0.05) is 23.6 Å². The lowest BCUT2D eigenvalue weighted by Crippen LogP contribution is -2.07. The molecule has 0 aliphatic rings. The second-order valence-corrected chi connectivity index (χ2v) is 5.77. The average molecular weight is 356 g/mol. The van der Waals surface area contributed by atoms with E-state index in [1.165, 1.54) is 0 Å². The van der Waals surface area contributed by atoms with Crippen molar-refractivity contribution in [3.63, 3.8) is 0 Å². The Balaban J connectivity index is 1.74. The number of pyridine rings is 1. The number of hydrogen-bond acceptors (Lipinski definition) is 6. The Morgan fingerprint density at radius 3 is 2.72 bits per heavy atom. The molecule has 7 heteroatoms. The Bertz CT molecular complexity index is 857. The predicted octanol–water partition coefficient (Wildman–Crippen LogP) is 4.20. The number of halogens is 1. The molecule has 0 spiro atoms. The second kappa shape index (κ2) is 7.81. The minimum Gasteiger partial charge on any atom is -0.495 e. The largest absolute Gasteiger partial charge is 0.495 e. The van der Waals surface area contributed by atoms with E-state index in [2.05, 4.69) is 25.6 Å². The van der Waals surface area contributed by atoms with Crippen molar-refractivity contribution in [2.75, 3.05) is 17.7 Å². The van der Waals surface area contributed by atoms with Crippen LogP contribution in [0.1, 0.15) is 11.4 Å². The van der Waals surface area contributed by atoms with Crippen molar-refractivity contribution in [2.45, 2.75) is 13.5 Å². The molecule has 0 fully saturated rings. The van der Waals surface area contributed by atoms with Crippen LogP contribution in [0, 0.1) is 6.92 Å². The van der Waals surface area contributed by atoms with Gasteiger partial charge in [0.1, 0.15) is 11.6 Å². The number of anilines is 3. The summed E-state index contributed by atoms with van der Waals surface area (Å²) in [6.45, 7) is 2.47. The highest BCUT2D eigenvalue weighted by atomic mass is 35.5. The van der Waals surface area contributed by atoms with Crippen LogP contribution in [0.2, 0.25) is 5.02 Å². The quantitative estimate of drug-likeness (QED) is 0.690. The maximum Gasteiger partial charge on any atom is 0.225 e. The van der Waals surface area contributed by atoms with Crippen molar-refractivity contribution in [1.29, 1.82) is 0 Å². The minimum atomic E-state index is 0.534. The summed E-state index contributed by atoms with van der Waals surface area (Å²) in [5.74, 6) is 1.84. The van der Waals surface area contributed by atoms with Gasteiger partial charge in [-0.2, -0.15) is 4.98 Å². The molecule has 0 saturated carbocycles. The third-order valence-corrected chi connectivity index (χ3v) is 3.73. The van der Waals surface area contributed by atoms with Crippen molar-refractivity contribution in [1.82, 2.24) is 15.0 Å². The molecule has 3 aromatic rings. The highest BCUT2D eigenvalue weighted by Crippen LogP contribution is 2.28. The van der Waals surface area contributed by atoms with E-state index in [-0.39, 0.29) is 0 Å². The maximum absolute atomic E-state index is 6.16. The van der Waals surface area contributed by atoms with Gasteiger partial charge in [-0.3, -0.25) is 4.98 Å². The normalized spacial score (nSPS) is 10.4. The van der Waals surface area contributed by atoms with Gasteiger partial charge in [0.05, 0.1) is 24.4 Å². The molecule has 0 aliphatic carbocycles. The predicted molar refractivity (Wildman–Crippen MR) is 99.6 cm³/mol. The van der Waals surface area contributed by atoms with E-state index < -0.39 is 0 Å². The van der Waals surface area contributed by atoms with E-state index >= 15 is 0 Å². The van der Waals surface area contributed by atoms with E-state index in [0.29, 0.717) is 29.1 Å². The summed E-state index contributed by atoms with van der Waals surface area (Å²) in [5, 5.41) is 6.95. The molecule has 2 N–H and O–H groups in total. The summed E-state index contributed by atoms with van der Waals surface area (Å²) in [7, 11) is 1.58. The summed E-state index contributed by atoms with van der Waals surface area (Å²) >= 11 is 6.16.